The van der Waals surface area contributed by atoms with Gasteiger partial charge in [0.25, 0.3) is 6.92 Å². The van der Waals surface area contributed by atoms with E-state index in [-0.39, 0.29) is 0 Å². The van der Waals surface area contributed by atoms with Gasteiger partial charge in [0.1, 0.15) is 0 Å². The van der Waals surface area contributed by atoms with Crippen LogP contribution in [-0.2, 0) is 4.65 Å². The molecule has 1 rings (SSSR count). The molecule has 2 heteroatoms. The summed E-state index contributed by atoms with van der Waals surface area (Å²) >= 11 is 0. The van der Waals surface area contributed by atoms with Crippen LogP contribution in [0.25, 0.3) is 0 Å². The van der Waals surface area contributed by atoms with E-state index in [1.807, 2.05) is 0 Å². The Labute approximate surface area is 89.0 Å². The average molecular weight is 194 g/mol. The minimum Gasteiger partial charge on any atom is -0.432 e. The topological polar surface area (TPSA) is 9.23 Å². The van der Waals surface area contributed by atoms with Gasteiger partial charge < -0.3 is 4.65 Å². The third-order valence-electron chi connectivity index (χ3n) is 3.00. The molecule has 0 aromatic rings. The molecule has 80 valence electrons. The molecule has 0 spiro atoms. The van der Waals surface area contributed by atoms with Crippen molar-refractivity contribution in [3.63, 3.8) is 0 Å². The molecule has 1 saturated heterocycles. The normalized spacial score (nSPS) is 23.7. The van der Waals surface area contributed by atoms with Gasteiger partial charge in [-0.15, -0.1) is 0 Å². The van der Waals surface area contributed by atoms with Gasteiger partial charge in [0.15, 0.2) is 0 Å². The second kappa shape index (κ2) is 6.29. The molecule has 1 fully saturated rings. The van der Waals surface area contributed by atoms with Crippen LogP contribution in [0.5, 0.6) is 0 Å². The van der Waals surface area contributed by atoms with E-state index >= 15 is 0 Å². The fourth-order valence-electron chi connectivity index (χ4n) is 2.38. The first-order valence-corrected chi connectivity index (χ1v) is 6.04. The summed E-state index contributed by atoms with van der Waals surface area (Å²) in [5, 5.41) is 0. The molecule has 0 bridgehead atoms. The van der Waals surface area contributed by atoms with Gasteiger partial charge in [-0.25, -0.2) is 0 Å². The van der Waals surface area contributed by atoms with Crippen molar-refractivity contribution in [3.8, 4) is 0 Å². The van der Waals surface area contributed by atoms with Crippen LogP contribution in [0.3, 0.4) is 0 Å². The van der Waals surface area contributed by atoms with Crippen LogP contribution >= 0.6 is 0 Å². The van der Waals surface area contributed by atoms with Gasteiger partial charge in [0, 0.05) is 6.61 Å². The van der Waals surface area contributed by atoms with Crippen LogP contribution in [-0.4, -0.2) is 13.5 Å². The lowest BCUT2D eigenvalue weighted by Gasteiger charge is -2.15. The molecule has 1 aliphatic heterocycles. The Morgan fingerprint density at radius 1 is 1.43 bits per heavy atom. The molecule has 1 nitrogen and oxygen atoms in total. The predicted molar refractivity (Wildman–Crippen MR) is 63.8 cm³/mol. The minimum atomic E-state index is 0.496. The Balaban J connectivity index is 2.45. The van der Waals surface area contributed by atoms with Gasteiger partial charge in [-0.05, 0) is 25.0 Å². The lowest BCUT2D eigenvalue weighted by molar-refractivity contribution is 0.358. The molecule has 0 aromatic heterocycles. The third kappa shape index (κ3) is 3.87. The maximum atomic E-state index is 5.83. The molecule has 0 aromatic carbocycles. The van der Waals surface area contributed by atoms with Crippen molar-refractivity contribution in [2.75, 3.05) is 6.61 Å². The van der Waals surface area contributed by atoms with Crippen molar-refractivity contribution in [2.45, 2.75) is 52.2 Å². The standard InChI is InChI=1S/C12H23BO/c1-4-6-12-8-11(3)10-14-13(9-12)7-5-2/h12H,3-10H2,1-2H3. The first-order valence-electron chi connectivity index (χ1n) is 6.04. The third-order valence-corrected chi connectivity index (χ3v) is 3.00. The van der Waals surface area contributed by atoms with E-state index in [0.717, 1.165) is 12.5 Å². The highest BCUT2D eigenvalue weighted by Crippen LogP contribution is 2.27. The van der Waals surface area contributed by atoms with Crippen LogP contribution in [0.4, 0.5) is 0 Å². The van der Waals surface area contributed by atoms with E-state index in [1.165, 1.54) is 43.9 Å². The number of hydrogen-bond acceptors (Lipinski definition) is 1. The first kappa shape index (κ1) is 11.8. The van der Waals surface area contributed by atoms with Crippen LogP contribution < -0.4 is 0 Å². The van der Waals surface area contributed by atoms with Crippen LogP contribution in [0.2, 0.25) is 12.6 Å². The minimum absolute atomic E-state index is 0.496. The highest BCUT2D eigenvalue weighted by molar-refractivity contribution is 6.51. The number of hydrogen-bond donors (Lipinski definition) is 0. The average Bonchev–Trinajstić information content (AvgIpc) is 2.30. The Morgan fingerprint density at radius 3 is 2.86 bits per heavy atom. The predicted octanol–water partition coefficient (Wildman–Crippen LogP) is 3.78. The highest BCUT2D eigenvalue weighted by Gasteiger charge is 2.24. The zero-order valence-corrected chi connectivity index (χ0v) is 9.72. The lowest BCUT2D eigenvalue weighted by Crippen LogP contribution is -2.18. The molecule has 0 saturated carbocycles. The van der Waals surface area contributed by atoms with Crippen LogP contribution in [0.15, 0.2) is 12.2 Å². The summed E-state index contributed by atoms with van der Waals surface area (Å²) in [6, 6.07) is 0. The second-order valence-electron chi connectivity index (χ2n) is 4.57. The van der Waals surface area contributed by atoms with E-state index in [4.69, 9.17) is 4.65 Å². The van der Waals surface area contributed by atoms with Crippen molar-refractivity contribution in [1.29, 1.82) is 0 Å². The maximum absolute atomic E-state index is 5.83. The van der Waals surface area contributed by atoms with Gasteiger partial charge >= 0.3 is 0 Å². The van der Waals surface area contributed by atoms with E-state index in [1.54, 1.807) is 0 Å². The SMILES string of the molecule is C=C1COB(CCC)CC(CCC)C1. The maximum Gasteiger partial charge on any atom is 0.293 e. The Hall–Kier alpha value is -0.235. The van der Waals surface area contributed by atoms with E-state index in [2.05, 4.69) is 20.4 Å². The molecule has 0 aliphatic carbocycles. The second-order valence-corrected chi connectivity index (χ2v) is 4.57. The van der Waals surface area contributed by atoms with Gasteiger partial charge in [0.05, 0.1) is 0 Å². The summed E-state index contributed by atoms with van der Waals surface area (Å²) in [4.78, 5) is 0. The van der Waals surface area contributed by atoms with E-state index in [9.17, 15) is 0 Å². The molecule has 14 heavy (non-hydrogen) atoms. The van der Waals surface area contributed by atoms with Gasteiger partial charge in [-0.3, -0.25) is 0 Å². The van der Waals surface area contributed by atoms with Gasteiger partial charge in [-0.2, -0.15) is 0 Å². The zero-order valence-electron chi connectivity index (χ0n) is 9.72. The smallest absolute Gasteiger partial charge is 0.293 e. The number of rotatable bonds is 4. The summed E-state index contributed by atoms with van der Waals surface area (Å²) in [5.41, 5.74) is 1.29. The summed E-state index contributed by atoms with van der Waals surface area (Å²) in [6.07, 6.45) is 7.51. The van der Waals surface area contributed by atoms with Gasteiger partial charge in [-0.1, -0.05) is 45.3 Å². The molecule has 1 heterocycles. The van der Waals surface area contributed by atoms with Crippen LogP contribution in [0, 0.1) is 5.92 Å². The van der Waals surface area contributed by atoms with Crippen molar-refractivity contribution in [2.24, 2.45) is 5.92 Å². The molecular weight excluding hydrogens is 171 g/mol. The molecule has 0 N–H and O–H groups in total. The highest BCUT2D eigenvalue weighted by atomic mass is 16.4. The first-order chi connectivity index (χ1) is 6.76. The van der Waals surface area contributed by atoms with E-state index in [0.29, 0.717) is 6.92 Å². The van der Waals surface area contributed by atoms with E-state index < -0.39 is 0 Å². The fourth-order valence-corrected chi connectivity index (χ4v) is 2.38. The molecular formula is C12H23BO. The lowest BCUT2D eigenvalue weighted by atomic mass is 9.57. The van der Waals surface area contributed by atoms with Crippen molar-refractivity contribution in [3.05, 3.63) is 12.2 Å². The summed E-state index contributed by atoms with van der Waals surface area (Å²) in [7, 11) is 0. The Kier molecular flexibility index (Phi) is 5.32. The zero-order chi connectivity index (χ0) is 10.4. The molecule has 1 aliphatic rings. The molecule has 1 unspecified atom stereocenters. The van der Waals surface area contributed by atoms with Crippen molar-refractivity contribution < 1.29 is 4.65 Å². The largest absolute Gasteiger partial charge is 0.432 e. The molecule has 0 radical (unpaired) electrons. The molecule has 1 atom stereocenters. The summed E-state index contributed by atoms with van der Waals surface area (Å²) in [6.45, 7) is 9.87. The van der Waals surface area contributed by atoms with Gasteiger partial charge in [0.2, 0.25) is 0 Å². The summed E-state index contributed by atoms with van der Waals surface area (Å²) < 4.78 is 5.83. The Bertz CT molecular complexity index is 179. The summed E-state index contributed by atoms with van der Waals surface area (Å²) in [5.74, 6) is 0.826. The fraction of sp³-hybridized carbons (Fsp3) is 0.833. The van der Waals surface area contributed by atoms with Crippen molar-refractivity contribution >= 4 is 6.92 Å². The quantitative estimate of drug-likeness (QED) is 0.488. The van der Waals surface area contributed by atoms with Crippen LogP contribution in [0.1, 0.15) is 39.5 Å². The monoisotopic (exact) mass is 194 g/mol. The van der Waals surface area contributed by atoms with Crippen molar-refractivity contribution in [1.82, 2.24) is 0 Å². The Morgan fingerprint density at radius 2 is 2.21 bits per heavy atom. The molecule has 0 amide bonds.